The van der Waals surface area contributed by atoms with Crippen molar-refractivity contribution >= 4 is 16.8 Å². The van der Waals surface area contributed by atoms with Gasteiger partial charge in [0.15, 0.2) is 5.82 Å². The molecule has 1 N–H and O–H groups in total. The number of nitrogens with zero attached hydrogens (tertiary/aromatic N) is 3. The number of hydrogen-bond donors (Lipinski definition) is 1. The molecule has 1 unspecified atom stereocenters. The van der Waals surface area contributed by atoms with Crippen molar-refractivity contribution < 1.29 is 14.1 Å². The number of fused-ring (bicyclic) bond motifs is 1. The molecule has 0 radical (unpaired) electrons. The van der Waals surface area contributed by atoms with E-state index in [2.05, 4.69) is 15.1 Å². The lowest BCUT2D eigenvalue weighted by Crippen LogP contribution is -2.39. The first-order valence-electron chi connectivity index (χ1n) is 8.99. The summed E-state index contributed by atoms with van der Waals surface area (Å²) in [6.07, 6.45) is 1.88. The first-order valence-corrected chi connectivity index (χ1v) is 8.99. The topological polar surface area (TPSA) is 84.2 Å². The monoisotopic (exact) mass is 354 g/mol. The molecule has 4 rings (SSSR count). The maximum atomic E-state index is 13.0. The van der Waals surface area contributed by atoms with Crippen LogP contribution in [0.15, 0.2) is 28.8 Å². The Balaban J connectivity index is 1.53. The highest BCUT2D eigenvalue weighted by molar-refractivity contribution is 5.98. The number of aryl methyl sites for hydroxylation is 1. The second-order valence-corrected chi connectivity index (χ2v) is 6.64. The summed E-state index contributed by atoms with van der Waals surface area (Å²) in [5, 5.41) is 4.86. The van der Waals surface area contributed by atoms with E-state index >= 15 is 0 Å². The summed E-state index contributed by atoms with van der Waals surface area (Å²) in [5.74, 6) is 2.15. The fraction of sp³-hybridized carbons (Fsp3) is 0.421. The van der Waals surface area contributed by atoms with Crippen LogP contribution in [0.1, 0.15) is 47.9 Å². The average Bonchev–Trinajstić information content (AvgIpc) is 3.27. The molecule has 2 aromatic heterocycles. The summed E-state index contributed by atoms with van der Waals surface area (Å²) in [4.78, 5) is 22.4. The summed E-state index contributed by atoms with van der Waals surface area (Å²) in [5.41, 5.74) is 1.50. The highest BCUT2D eigenvalue weighted by Gasteiger charge is 2.29. The van der Waals surface area contributed by atoms with Gasteiger partial charge in [0.05, 0.1) is 12.5 Å². The van der Waals surface area contributed by atoms with Gasteiger partial charge in [0.25, 0.3) is 5.91 Å². The third-order valence-corrected chi connectivity index (χ3v) is 4.74. The number of aromatic amines is 1. The number of carbonyl (C=O) groups excluding carboxylic acids is 1. The van der Waals surface area contributed by atoms with Crippen molar-refractivity contribution in [2.24, 2.45) is 0 Å². The van der Waals surface area contributed by atoms with Crippen molar-refractivity contribution in [1.82, 2.24) is 20.0 Å². The number of nitrogens with one attached hydrogen (secondary N) is 1. The number of amides is 1. The Morgan fingerprint density at radius 2 is 2.31 bits per heavy atom. The number of benzene rings is 1. The molecule has 26 heavy (non-hydrogen) atoms. The third-order valence-electron chi connectivity index (χ3n) is 4.74. The summed E-state index contributed by atoms with van der Waals surface area (Å²) >= 11 is 0. The molecule has 0 spiro atoms. The van der Waals surface area contributed by atoms with E-state index in [1.807, 2.05) is 36.1 Å². The van der Waals surface area contributed by atoms with Gasteiger partial charge in [-0.05, 0) is 44.9 Å². The van der Waals surface area contributed by atoms with E-state index in [1.165, 1.54) is 0 Å². The van der Waals surface area contributed by atoms with Crippen LogP contribution in [0, 0.1) is 6.92 Å². The molecule has 1 fully saturated rings. The molecular formula is C19H22N4O3. The molecule has 7 heteroatoms. The van der Waals surface area contributed by atoms with E-state index in [0.717, 1.165) is 36.0 Å². The highest BCUT2D eigenvalue weighted by atomic mass is 16.5. The molecule has 3 heterocycles. The normalized spacial score (nSPS) is 17.6. The SMILES string of the molecule is CCOc1ccc2cc(C(=O)N3CCCC(c4nc(C)no4)C3)[nH]c2c1. The van der Waals surface area contributed by atoms with Crippen molar-refractivity contribution in [2.45, 2.75) is 32.6 Å². The second kappa shape index (κ2) is 6.82. The van der Waals surface area contributed by atoms with Crippen molar-refractivity contribution in [2.75, 3.05) is 19.7 Å². The van der Waals surface area contributed by atoms with Crippen LogP contribution in [0.25, 0.3) is 10.9 Å². The number of H-pyrrole nitrogens is 1. The molecule has 1 atom stereocenters. The maximum absolute atomic E-state index is 13.0. The van der Waals surface area contributed by atoms with Gasteiger partial charge in [0, 0.05) is 30.1 Å². The fourth-order valence-electron chi connectivity index (χ4n) is 3.49. The van der Waals surface area contributed by atoms with Gasteiger partial charge in [-0.25, -0.2) is 0 Å². The zero-order valence-corrected chi connectivity index (χ0v) is 15.0. The van der Waals surface area contributed by atoms with Crippen LogP contribution in [-0.2, 0) is 0 Å². The summed E-state index contributed by atoms with van der Waals surface area (Å²) in [6, 6.07) is 7.71. The smallest absolute Gasteiger partial charge is 0.270 e. The predicted molar refractivity (Wildman–Crippen MR) is 96.4 cm³/mol. The molecular weight excluding hydrogens is 332 g/mol. The number of ether oxygens (including phenoxy) is 1. The van der Waals surface area contributed by atoms with E-state index in [1.54, 1.807) is 6.92 Å². The average molecular weight is 354 g/mol. The van der Waals surface area contributed by atoms with Gasteiger partial charge in [-0.2, -0.15) is 4.98 Å². The summed E-state index contributed by atoms with van der Waals surface area (Å²) in [6.45, 7) is 5.70. The molecule has 0 aliphatic carbocycles. The van der Waals surface area contributed by atoms with E-state index in [0.29, 0.717) is 30.6 Å². The van der Waals surface area contributed by atoms with Crippen LogP contribution < -0.4 is 4.74 Å². The van der Waals surface area contributed by atoms with Gasteiger partial charge in [0.2, 0.25) is 5.89 Å². The molecule has 3 aromatic rings. The quantitative estimate of drug-likeness (QED) is 0.777. The van der Waals surface area contributed by atoms with E-state index in [9.17, 15) is 4.79 Å². The minimum atomic E-state index is 0.0000899. The Labute approximate surface area is 151 Å². The maximum Gasteiger partial charge on any atom is 0.270 e. The van der Waals surface area contributed by atoms with Gasteiger partial charge >= 0.3 is 0 Å². The summed E-state index contributed by atoms with van der Waals surface area (Å²) in [7, 11) is 0. The van der Waals surface area contributed by atoms with Crippen molar-refractivity contribution in [1.29, 1.82) is 0 Å². The van der Waals surface area contributed by atoms with Crippen LogP contribution >= 0.6 is 0 Å². The van der Waals surface area contributed by atoms with E-state index < -0.39 is 0 Å². The van der Waals surface area contributed by atoms with Gasteiger partial charge in [-0.15, -0.1) is 0 Å². The first kappa shape index (κ1) is 16.6. The number of aromatic nitrogens is 3. The third kappa shape index (κ3) is 3.16. The van der Waals surface area contributed by atoms with Crippen LogP contribution in [0.4, 0.5) is 0 Å². The Hall–Kier alpha value is -2.83. The molecule has 1 aliphatic rings. The van der Waals surface area contributed by atoms with Gasteiger partial charge in [-0.3, -0.25) is 4.79 Å². The summed E-state index contributed by atoms with van der Waals surface area (Å²) < 4.78 is 10.8. The van der Waals surface area contributed by atoms with Gasteiger partial charge in [-0.1, -0.05) is 5.16 Å². The molecule has 1 aromatic carbocycles. The highest BCUT2D eigenvalue weighted by Crippen LogP contribution is 2.28. The number of rotatable bonds is 4. The number of carbonyl (C=O) groups is 1. The number of piperidine rings is 1. The molecule has 1 amide bonds. The van der Waals surface area contributed by atoms with Crippen molar-refractivity contribution in [3.05, 3.63) is 41.7 Å². The van der Waals surface area contributed by atoms with E-state index in [-0.39, 0.29) is 11.8 Å². The first-order chi connectivity index (χ1) is 12.6. The van der Waals surface area contributed by atoms with Crippen molar-refractivity contribution in [3.63, 3.8) is 0 Å². The predicted octanol–water partition coefficient (Wildman–Crippen LogP) is 3.28. The largest absolute Gasteiger partial charge is 0.494 e. The molecule has 0 saturated carbocycles. The molecule has 0 bridgehead atoms. The molecule has 136 valence electrons. The molecule has 1 saturated heterocycles. The second-order valence-electron chi connectivity index (χ2n) is 6.64. The van der Waals surface area contributed by atoms with Gasteiger partial charge in [0.1, 0.15) is 11.4 Å². The minimum Gasteiger partial charge on any atom is -0.494 e. The Kier molecular flexibility index (Phi) is 4.36. The Morgan fingerprint density at radius 3 is 3.08 bits per heavy atom. The Morgan fingerprint density at radius 1 is 1.42 bits per heavy atom. The Bertz CT molecular complexity index is 930. The fourth-order valence-corrected chi connectivity index (χ4v) is 3.49. The van der Waals surface area contributed by atoms with Crippen LogP contribution in [0.3, 0.4) is 0 Å². The molecule has 7 nitrogen and oxygen atoms in total. The van der Waals surface area contributed by atoms with Crippen molar-refractivity contribution in [3.8, 4) is 5.75 Å². The van der Waals surface area contributed by atoms with Crippen LogP contribution in [0.2, 0.25) is 0 Å². The van der Waals surface area contributed by atoms with Crippen LogP contribution in [-0.4, -0.2) is 45.6 Å². The van der Waals surface area contributed by atoms with E-state index in [4.69, 9.17) is 9.26 Å². The molecule has 1 aliphatic heterocycles. The zero-order chi connectivity index (χ0) is 18.1. The number of hydrogen-bond acceptors (Lipinski definition) is 5. The number of likely N-dealkylation sites (tertiary alicyclic amines) is 1. The zero-order valence-electron chi connectivity index (χ0n) is 15.0. The standard InChI is InChI=1S/C19H22N4O3/c1-3-25-15-7-6-13-9-17(21-16(13)10-15)19(24)23-8-4-5-14(11-23)18-20-12(2)22-26-18/h6-7,9-10,14,21H,3-5,8,11H2,1-2H3. The lowest BCUT2D eigenvalue weighted by molar-refractivity contribution is 0.0690. The van der Waals surface area contributed by atoms with Gasteiger partial charge < -0.3 is 19.1 Å². The lowest BCUT2D eigenvalue weighted by atomic mass is 9.97. The minimum absolute atomic E-state index is 0.0000899. The van der Waals surface area contributed by atoms with Crippen LogP contribution in [0.5, 0.6) is 5.75 Å². The lowest BCUT2D eigenvalue weighted by Gasteiger charge is -2.30.